The van der Waals surface area contributed by atoms with E-state index in [2.05, 4.69) is 24.4 Å². The van der Waals surface area contributed by atoms with Crippen LogP contribution < -0.4 is 10.1 Å². The maximum atomic E-state index is 6.11. The van der Waals surface area contributed by atoms with Crippen molar-refractivity contribution in [2.75, 3.05) is 7.05 Å². The Morgan fingerprint density at radius 1 is 1.10 bits per heavy atom. The molecule has 3 heteroatoms. The lowest BCUT2D eigenvalue weighted by molar-refractivity contribution is 0.306. The van der Waals surface area contributed by atoms with Gasteiger partial charge >= 0.3 is 0 Å². The second-order valence-corrected chi connectivity index (χ2v) is 5.11. The zero-order chi connectivity index (χ0) is 14.4. The van der Waals surface area contributed by atoms with Crippen molar-refractivity contribution >= 4 is 11.6 Å². The molecule has 0 aromatic heterocycles. The van der Waals surface area contributed by atoms with Crippen molar-refractivity contribution in [2.24, 2.45) is 0 Å². The Bertz CT molecular complexity index is 535. The molecule has 0 saturated carbocycles. The highest BCUT2D eigenvalue weighted by Crippen LogP contribution is 2.22. The van der Waals surface area contributed by atoms with E-state index in [-0.39, 0.29) is 0 Å². The van der Waals surface area contributed by atoms with Crippen molar-refractivity contribution in [1.82, 2.24) is 5.32 Å². The van der Waals surface area contributed by atoms with Crippen molar-refractivity contribution in [3.05, 3.63) is 64.7 Å². The number of rotatable bonds is 6. The van der Waals surface area contributed by atoms with Gasteiger partial charge in [0.25, 0.3) is 0 Å². The van der Waals surface area contributed by atoms with E-state index in [0.29, 0.717) is 12.6 Å². The van der Waals surface area contributed by atoms with Crippen LogP contribution in [0.5, 0.6) is 5.75 Å². The summed E-state index contributed by atoms with van der Waals surface area (Å²) in [4.78, 5) is 0. The van der Waals surface area contributed by atoms with E-state index in [0.717, 1.165) is 22.8 Å². The largest absolute Gasteiger partial charge is 0.489 e. The van der Waals surface area contributed by atoms with E-state index in [4.69, 9.17) is 16.3 Å². The fourth-order valence-electron chi connectivity index (χ4n) is 2.18. The Labute approximate surface area is 125 Å². The molecule has 0 aliphatic rings. The molecule has 2 nitrogen and oxygen atoms in total. The predicted octanol–water partition coefficient (Wildman–Crippen LogP) is 4.59. The van der Waals surface area contributed by atoms with Crippen LogP contribution in [-0.2, 0) is 6.61 Å². The number of halogens is 1. The average molecular weight is 290 g/mol. The van der Waals surface area contributed by atoms with Gasteiger partial charge in [0.1, 0.15) is 12.4 Å². The zero-order valence-corrected chi connectivity index (χ0v) is 12.7. The Morgan fingerprint density at radius 3 is 2.40 bits per heavy atom. The van der Waals surface area contributed by atoms with Crippen LogP contribution >= 0.6 is 11.6 Å². The first kappa shape index (κ1) is 14.9. The lowest BCUT2D eigenvalue weighted by atomic mass is 10.0. The summed E-state index contributed by atoms with van der Waals surface area (Å²) in [6.07, 6.45) is 1.07. The topological polar surface area (TPSA) is 21.3 Å². The van der Waals surface area contributed by atoms with Gasteiger partial charge in [0.15, 0.2) is 0 Å². The van der Waals surface area contributed by atoms with Gasteiger partial charge in [-0.05, 0) is 37.2 Å². The molecule has 20 heavy (non-hydrogen) atoms. The first-order valence-electron chi connectivity index (χ1n) is 6.88. The normalized spacial score (nSPS) is 12.2. The standard InChI is InChI=1S/C17H20ClNO/c1-3-17(19-2)13-8-10-15(11-9-13)20-12-14-6-4-5-7-16(14)18/h4-11,17,19H,3,12H2,1-2H3. The number of benzene rings is 2. The predicted molar refractivity (Wildman–Crippen MR) is 84.3 cm³/mol. The van der Waals surface area contributed by atoms with Gasteiger partial charge in [0.2, 0.25) is 0 Å². The maximum absolute atomic E-state index is 6.11. The lowest BCUT2D eigenvalue weighted by Crippen LogP contribution is -2.14. The minimum absolute atomic E-state index is 0.396. The van der Waals surface area contributed by atoms with Gasteiger partial charge in [-0.25, -0.2) is 0 Å². The Morgan fingerprint density at radius 2 is 1.80 bits per heavy atom. The SMILES string of the molecule is CCC(NC)c1ccc(OCc2ccccc2Cl)cc1. The molecule has 0 amide bonds. The lowest BCUT2D eigenvalue weighted by Gasteiger charge is -2.15. The Balaban J connectivity index is 1.99. The van der Waals surface area contributed by atoms with E-state index in [1.54, 1.807) is 0 Å². The number of ether oxygens (including phenoxy) is 1. The second-order valence-electron chi connectivity index (χ2n) is 4.70. The average Bonchev–Trinajstić information content (AvgIpc) is 2.49. The van der Waals surface area contributed by atoms with E-state index in [1.807, 2.05) is 43.4 Å². The van der Waals surface area contributed by atoms with Gasteiger partial charge in [0, 0.05) is 16.6 Å². The molecule has 1 unspecified atom stereocenters. The third-order valence-corrected chi connectivity index (χ3v) is 3.76. The fourth-order valence-corrected chi connectivity index (χ4v) is 2.37. The summed E-state index contributed by atoms with van der Waals surface area (Å²) in [5, 5.41) is 4.04. The third-order valence-electron chi connectivity index (χ3n) is 3.39. The fraction of sp³-hybridized carbons (Fsp3) is 0.294. The summed E-state index contributed by atoms with van der Waals surface area (Å²) in [7, 11) is 1.98. The van der Waals surface area contributed by atoms with Crippen LogP contribution in [0.3, 0.4) is 0 Å². The van der Waals surface area contributed by atoms with Crippen LogP contribution in [-0.4, -0.2) is 7.05 Å². The minimum Gasteiger partial charge on any atom is -0.489 e. The maximum Gasteiger partial charge on any atom is 0.119 e. The third kappa shape index (κ3) is 3.75. The number of nitrogens with one attached hydrogen (secondary N) is 1. The summed E-state index contributed by atoms with van der Waals surface area (Å²) in [5.41, 5.74) is 2.28. The highest BCUT2D eigenvalue weighted by molar-refractivity contribution is 6.31. The van der Waals surface area contributed by atoms with Crippen molar-refractivity contribution in [2.45, 2.75) is 26.0 Å². The Hall–Kier alpha value is -1.51. The highest BCUT2D eigenvalue weighted by Gasteiger charge is 2.06. The molecular formula is C17H20ClNO. The summed E-state index contributed by atoms with van der Waals surface area (Å²) in [6, 6.07) is 16.4. The molecule has 0 aliphatic heterocycles. The van der Waals surface area contributed by atoms with Crippen LogP contribution in [0.25, 0.3) is 0 Å². The number of hydrogen-bond acceptors (Lipinski definition) is 2. The van der Waals surface area contributed by atoms with Gasteiger partial charge in [-0.2, -0.15) is 0 Å². The first-order chi connectivity index (χ1) is 9.74. The van der Waals surface area contributed by atoms with E-state index in [9.17, 15) is 0 Å². The van der Waals surface area contributed by atoms with Crippen LogP contribution in [0.4, 0.5) is 0 Å². The van der Waals surface area contributed by atoms with Crippen LogP contribution in [0.1, 0.15) is 30.5 Å². The zero-order valence-electron chi connectivity index (χ0n) is 11.9. The quantitative estimate of drug-likeness (QED) is 0.840. The number of hydrogen-bond donors (Lipinski definition) is 1. The summed E-state index contributed by atoms with van der Waals surface area (Å²) < 4.78 is 5.77. The van der Waals surface area contributed by atoms with Crippen LogP contribution in [0.15, 0.2) is 48.5 Å². The molecule has 0 fully saturated rings. The molecule has 2 aromatic carbocycles. The van der Waals surface area contributed by atoms with Gasteiger partial charge in [-0.15, -0.1) is 0 Å². The minimum atomic E-state index is 0.396. The second kappa shape index (κ2) is 7.32. The molecule has 1 N–H and O–H groups in total. The van der Waals surface area contributed by atoms with E-state index in [1.165, 1.54) is 5.56 Å². The van der Waals surface area contributed by atoms with Crippen molar-refractivity contribution < 1.29 is 4.74 Å². The van der Waals surface area contributed by atoms with Crippen LogP contribution in [0, 0.1) is 0 Å². The highest BCUT2D eigenvalue weighted by atomic mass is 35.5. The monoisotopic (exact) mass is 289 g/mol. The molecule has 0 bridgehead atoms. The van der Waals surface area contributed by atoms with Crippen LogP contribution in [0.2, 0.25) is 5.02 Å². The molecule has 0 radical (unpaired) electrons. The van der Waals surface area contributed by atoms with E-state index >= 15 is 0 Å². The first-order valence-corrected chi connectivity index (χ1v) is 7.25. The molecule has 2 aromatic rings. The molecule has 106 valence electrons. The molecule has 0 saturated heterocycles. The molecular weight excluding hydrogens is 270 g/mol. The summed E-state index contributed by atoms with van der Waals surface area (Å²) in [6.45, 7) is 2.66. The molecule has 1 atom stereocenters. The smallest absolute Gasteiger partial charge is 0.119 e. The van der Waals surface area contributed by atoms with Gasteiger partial charge < -0.3 is 10.1 Å². The molecule has 0 heterocycles. The van der Waals surface area contributed by atoms with Crippen molar-refractivity contribution in [1.29, 1.82) is 0 Å². The van der Waals surface area contributed by atoms with Gasteiger partial charge in [-0.1, -0.05) is 48.9 Å². The molecule has 0 aliphatic carbocycles. The van der Waals surface area contributed by atoms with Crippen molar-refractivity contribution in [3.8, 4) is 5.75 Å². The van der Waals surface area contributed by atoms with Crippen molar-refractivity contribution in [3.63, 3.8) is 0 Å². The Kier molecular flexibility index (Phi) is 5.45. The summed E-state index contributed by atoms with van der Waals surface area (Å²) in [5.74, 6) is 0.861. The van der Waals surface area contributed by atoms with E-state index < -0.39 is 0 Å². The van der Waals surface area contributed by atoms with Gasteiger partial charge in [-0.3, -0.25) is 0 Å². The van der Waals surface area contributed by atoms with Gasteiger partial charge in [0.05, 0.1) is 0 Å². The summed E-state index contributed by atoms with van der Waals surface area (Å²) >= 11 is 6.11. The molecule has 0 spiro atoms. The molecule has 2 rings (SSSR count).